The Morgan fingerprint density at radius 2 is 1.90 bits per heavy atom. The third-order valence-corrected chi connectivity index (χ3v) is 4.92. The fourth-order valence-electron chi connectivity index (χ4n) is 3.87. The lowest BCUT2D eigenvalue weighted by Crippen LogP contribution is -2.21. The van der Waals surface area contributed by atoms with Crippen LogP contribution < -0.4 is 5.32 Å². The Morgan fingerprint density at radius 1 is 1.10 bits per heavy atom. The molecule has 21 heavy (non-hydrogen) atoms. The predicted molar refractivity (Wildman–Crippen MR) is 83.4 cm³/mol. The van der Waals surface area contributed by atoms with E-state index in [1.807, 2.05) is 0 Å². The van der Waals surface area contributed by atoms with Gasteiger partial charge in [-0.2, -0.15) is 0 Å². The molecule has 0 amide bonds. The van der Waals surface area contributed by atoms with E-state index in [-0.39, 0.29) is 6.04 Å². The van der Waals surface area contributed by atoms with Gasteiger partial charge in [0.05, 0.1) is 6.04 Å². The van der Waals surface area contributed by atoms with Gasteiger partial charge in [-0.15, -0.1) is 10.2 Å². The van der Waals surface area contributed by atoms with Crippen molar-refractivity contribution in [3.05, 3.63) is 41.5 Å². The van der Waals surface area contributed by atoms with Gasteiger partial charge in [0.25, 0.3) is 0 Å². The number of hydrogen-bond acceptors (Lipinski definition) is 3. The zero-order chi connectivity index (χ0) is 14.2. The Hall–Kier alpha value is -1.84. The Labute approximate surface area is 125 Å². The van der Waals surface area contributed by atoms with Crippen LogP contribution in [0.3, 0.4) is 0 Å². The molecule has 1 atom stereocenters. The number of aryl methyl sites for hydroxylation is 1. The molecule has 0 radical (unpaired) electrons. The highest BCUT2D eigenvalue weighted by Gasteiger charge is 2.29. The first-order valence-corrected chi connectivity index (χ1v) is 8.09. The molecule has 4 nitrogen and oxygen atoms in total. The van der Waals surface area contributed by atoms with Crippen LogP contribution in [0, 0.1) is 6.92 Å². The van der Waals surface area contributed by atoms with Crippen molar-refractivity contribution >= 4 is 5.69 Å². The normalized spacial score (nSPS) is 22.0. The molecule has 1 saturated carbocycles. The smallest absolute Gasteiger partial charge is 0.156 e. The fourth-order valence-corrected chi connectivity index (χ4v) is 3.87. The number of nitrogens with one attached hydrogen (secondary N) is 1. The number of anilines is 1. The molecule has 2 aliphatic rings. The summed E-state index contributed by atoms with van der Waals surface area (Å²) < 4.78 is 2.41. The number of benzene rings is 1. The summed E-state index contributed by atoms with van der Waals surface area (Å²) in [5.74, 6) is 2.19. The largest absolute Gasteiger partial charge is 0.375 e. The van der Waals surface area contributed by atoms with Crippen molar-refractivity contribution < 1.29 is 0 Å². The van der Waals surface area contributed by atoms with E-state index >= 15 is 0 Å². The third-order valence-electron chi connectivity index (χ3n) is 4.92. The number of rotatable bonds is 2. The molecule has 2 aromatic rings. The summed E-state index contributed by atoms with van der Waals surface area (Å²) in [7, 11) is 0. The van der Waals surface area contributed by atoms with Gasteiger partial charge in [-0.25, -0.2) is 0 Å². The van der Waals surface area contributed by atoms with Gasteiger partial charge in [-0.3, -0.25) is 0 Å². The predicted octanol–water partition coefficient (Wildman–Crippen LogP) is 3.80. The first kappa shape index (κ1) is 12.9. The van der Waals surface area contributed by atoms with E-state index in [4.69, 9.17) is 0 Å². The highest BCUT2D eigenvalue weighted by molar-refractivity contribution is 5.57. The molecule has 1 aliphatic heterocycles. The van der Waals surface area contributed by atoms with Crippen molar-refractivity contribution in [3.8, 4) is 0 Å². The summed E-state index contributed by atoms with van der Waals surface area (Å²) >= 11 is 0. The van der Waals surface area contributed by atoms with Crippen molar-refractivity contribution in [2.75, 3.05) is 5.32 Å². The van der Waals surface area contributed by atoms with Crippen LogP contribution >= 0.6 is 0 Å². The van der Waals surface area contributed by atoms with Gasteiger partial charge < -0.3 is 9.88 Å². The second-order valence-electron chi connectivity index (χ2n) is 6.33. The molecule has 4 rings (SSSR count). The molecule has 1 aromatic heterocycles. The van der Waals surface area contributed by atoms with Gasteiger partial charge in [-0.1, -0.05) is 37.5 Å². The molecule has 110 valence electrons. The Kier molecular flexibility index (Phi) is 3.17. The van der Waals surface area contributed by atoms with Crippen LogP contribution in [-0.2, 0) is 6.42 Å². The molecular weight excluding hydrogens is 260 g/mol. The van der Waals surface area contributed by atoms with E-state index in [0.717, 1.165) is 18.1 Å². The SMILES string of the molecule is Cc1nnc(C2Cc3ccccc3N2)n1C1CCCCC1. The van der Waals surface area contributed by atoms with Gasteiger partial charge in [0.2, 0.25) is 0 Å². The number of aromatic nitrogens is 3. The van der Waals surface area contributed by atoms with E-state index < -0.39 is 0 Å². The minimum absolute atomic E-state index is 0.269. The molecule has 0 spiro atoms. The summed E-state index contributed by atoms with van der Waals surface area (Å²) in [6.07, 6.45) is 7.60. The number of hydrogen-bond donors (Lipinski definition) is 1. The second-order valence-corrected chi connectivity index (χ2v) is 6.33. The zero-order valence-corrected chi connectivity index (χ0v) is 12.5. The summed E-state index contributed by atoms with van der Waals surface area (Å²) in [5.41, 5.74) is 2.64. The Bertz CT molecular complexity index is 615. The van der Waals surface area contributed by atoms with Crippen molar-refractivity contribution in [1.82, 2.24) is 14.8 Å². The van der Waals surface area contributed by atoms with E-state index in [0.29, 0.717) is 6.04 Å². The minimum Gasteiger partial charge on any atom is -0.375 e. The molecule has 1 N–H and O–H groups in total. The minimum atomic E-state index is 0.269. The summed E-state index contributed by atoms with van der Waals surface area (Å²) in [6.45, 7) is 2.09. The standard InChI is InChI=1S/C17H22N4/c1-12-19-20-17(21(12)14-8-3-2-4-9-14)16-11-13-7-5-6-10-15(13)18-16/h5-7,10,14,16,18H,2-4,8-9,11H2,1H3. The zero-order valence-electron chi connectivity index (χ0n) is 12.5. The molecule has 1 aliphatic carbocycles. The number of nitrogens with zero attached hydrogens (tertiary/aromatic N) is 3. The monoisotopic (exact) mass is 282 g/mol. The van der Waals surface area contributed by atoms with Crippen LogP contribution in [0.2, 0.25) is 0 Å². The molecule has 0 saturated heterocycles. The first-order chi connectivity index (χ1) is 10.3. The van der Waals surface area contributed by atoms with Crippen LogP contribution in [0.25, 0.3) is 0 Å². The maximum absolute atomic E-state index is 4.51. The van der Waals surface area contributed by atoms with Gasteiger partial charge in [-0.05, 0) is 31.4 Å². The van der Waals surface area contributed by atoms with Crippen molar-refractivity contribution in [1.29, 1.82) is 0 Å². The van der Waals surface area contributed by atoms with E-state index in [1.54, 1.807) is 0 Å². The maximum atomic E-state index is 4.51. The van der Waals surface area contributed by atoms with Gasteiger partial charge in [0.15, 0.2) is 5.82 Å². The second kappa shape index (κ2) is 5.17. The molecular formula is C17H22N4. The summed E-state index contributed by atoms with van der Waals surface area (Å²) in [4.78, 5) is 0. The highest BCUT2D eigenvalue weighted by atomic mass is 15.3. The lowest BCUT2D eigenvalue weighted by atomic mass is 9.95. The van der Waals surface area contributed by atoms with Crippen LogP contribution in [0.15, 0.2) is 24.3 Å². The number of fused-ring (bicyclic) bond motifs is 1. The molecule has 2 heterocycles. The van der Waals surface area contributed by atoms with Gasteiger partial charge in [0, 0.05) is 18.2 Å². The highest BCUT2D eigenvalue weighted by Crippen LogP contribution is 2.36. The van der Waals surface area contributed by atoms with Crippen LogP contribution in [-0.4, -0.2) is 14.8 Å². The molecule has 4 heteroatoms. The third kappa shape index (κ3) is 2.23. The van der Waals surface area contributed by atoms with Crippen molar-refractivity contribution in [2.45, 2.75) is 57.5 Å². The average molecular weight is 282 g/mol. The Morgan fingerprint density at radius 3 is 2.71 bits per heavy atom. The van der Waals surface area contributed by atoms with Crippen molar-refractivity contribution in [2.24, 2.45) is 0 Å². The van der Waals surface area contributed by atoms with Gasteiger partial charge in [0.1, 0.15) is 5.82 Å². The van der Waals surface area contributed by atoms with Crippen LogP contribution in [0.4, 0.5) is 5.69 Å². The molecule has 1 aromatic carbocycles. The van der Waals surface area contributed by atoms with E-state index in [1.165, 1.54) is 43.4 Å². The maximum Gasteiger partial charge on any atom is 0.156 e. The Balaban J connectivity index is 1.65. The van der Waals surface area contributed by atoms with Gasteiger partial charge >= 0.3 is 0 Å². The summed E-state index contributed by atoms with van der Waals surface area (Å²) in [5, 5.41) is 12.5. The number of para-hydroxylation sites is 1. The molecule has 1 unspecified atom stereocenters. The van der Waals surface area contributed by atoms with E-state index in [9.17, 15) is 0 Å². The molecule has 1 fully saturated rings. The van der Waals surface area contributed by atoms with Crippen LogP contribution in [0.1, 0.15) is 61.4 Å². The average Bonchev–Trinajstić information content (AvgIpc) is 3.11. The van der Waals surface area contributed by atoms with Crippen LogP contribution in [0.5, 0.6) is 0 Å². The molecule has 0 bridgehead atoms. The quantitative estimate of drug-likeness (QED) is 0.911. The fraction of sp³-hybridized carbons (Fsp3) is 0.529. The lowest BCUT2D eigenvalue weighted by molar-refractivity contribution is 0.337. The lowest BCUT2D eigenvalue weighted by Gasteiger charge is -2.26. The summed E-state index contributed by atoms with van der Waals surface area (Å²) in [6, 6.07) is 9.42. The van der Waals surface area contributed by atoms with E-state index in [2.05, 4.69) is 51.3 Å². The van der Waals surface area contributed by atoms with Crippen molar-refractivity contribution in [3.63, 3.8) is 0 Å². The topological polar surface area (TPSA) is 42.7 Å². The first-order valence-electron chi connectivity index (χ1n) is 8.09.